The summed E-state index contributed by atoms with van der Waals surface area (Å²) in [5, 5.41) is -0.164. The Hall–Kier alpha value is -1.96. The maximum Gasteiger partial charge on any atom is 0.338 e. The first kappa shape index (κ1) is 19.4. The average Bonchev–Trinajstić information content (AvgIpc) is 2.57. The van der Waals surface area contributed by atoms with Crippen molar-refractivity contribution in [2.24, 2.45) is 0 Å². The van der Waals surface area contributed by atoms with Gasteiger partial charge in [0.15, 0.2) is 0 Å². The van der Waals surface area contributed by atoms with Crippen molar-refractivity contribution in [1.29, 1.82) is 0 Å². The lowest BCUT2D eigenvalue weighted by atomic mass is 10.2. The molecule has 0 atom stereocenters. The molecule has 0 heterocycles. The van der Waals surface area contributed by atoms with E-state index in [-0.39, 0.29) is 38.5 Å². The van der Waals surface area contributed by atoms with Crippen molar-refractivity contribution in [2.45, 2.75) is 11.8 Å². The van der Waals surface area contributed by atoms with Gasteiger partial charge >= 0.3 is 5.97 Å². The molecule has 0 fully saturated rings. The number of sulfonamides is 1. The third kappa shape index (κ3) is 4.36. The van der Waals surface area contributed by atoms with Crippen LogP contribution >= 0.6 is 23.2 Å². The minimum absolute atomic E-state index is 0.00711. The fourth-order valence-electron chi connectivity index (χ4n) is 2.01. The Bertz CT molecular complexity index is 899. The number of carbonyl (C=O) groups excluding carboxylic acids is 1. The molecule has 2 aromatic rings. The van der Waals surface area contributed by atoms with Crippen LogP contribution in [0.25, 0.3) is 0 Å². The minimum atomic E-state index is -4.02. The Labute approximate surface area is 155 Å². The molecule has 0 spiro atoms. The largest absolute Gasteiger partial charge is 0.495 e. The van der Waals surface area contributed by atoms with Crippen molar-refractivity contribution in [2.75, 3.05) is 18.4 Å². The van der Waals surface area contributed by atoms with E-state index in [1.165, 1.54) is 43.5 Å². The summed E-state index contributed by atoms with van der Waals surface area (Å²) >= 11 is 12.0. The molecule has 25 heavy (non-hydrogen) atoms. The molecule has 0 bridgehead atoms. The average molecular weight is 404 g/mol. The predicted octanol–water partition coefficient (Wildman–Crippen LogP) is 3.98. The molecule has 2 aromatic carbocycles. The highest BCUT2D eigenvalue weighted by molar-refractivity contribution is 7.92. The Kier molecular flexibility index (Phi) is 6.16. The normalized spacial score (nSPS) is 11.0. The molecule has 134 valence electrons. The van der Waals surface area contributed by atoms with Crippen LogP contribution < -0.4 is 9.46 Å². The molecular formula is C16H15Cl2NO5S. The van der Waals surface area contributed by atoms with Gasteiger partial charge in [0.25, 0.3) is 10.0 Å². The number of methoxy groups -OCH3 is 1. The number of ether oxygens (including phenoxy) is 2. The molecule has 9 heteroatoms. The van der Waals surface area contributed by atoms with Crippen LogP contribution in [0.4, 0.5) is 5.69 Å². The summed E-state index contributed by atoms with van der Waals surface area (Å²) in [4.78, 5) is 11.5. The number of nitrogens with one attached hydrogen (secondary N) is 1. The number of halogens is 2. The van der Waals surface area contributed by atoms with Gasteiger partial charge in [0.1, 0.15) is 15.7 Å². The van der Waals surface area contributed by atoms with Crippen LogP contribution in [-0.4, -0.2) is 28.1 Å². The van der Waals surface area contributed by atoms with Crippen LogP contribution in [0.15, 0.2) is 41.3 Å². The predicted molar refractivity (Wildman–Crippen MR) is 96.2 cm³/mol. The topological polar surface area (TPSA) is 81.7 Å². The van der Waals surface area contributed by atoms with E-state index in [0.717, 1.165) is 0 Å². The number of hydrogen-bond donors (Lipinski definition) is 1. The molecule has 0 aliphatic heterocycles. The summed E-state index contributed by atoms with van der Waals surface area (Å²) in [6, 6.07) is 8.61. The van der Waals surface area contributed by atoms with E-state index in [0.29, 0.717) is 0 Å². The van der Waals surface area contributed by atoms with E-state index in [2.05, 4.69) is 4.72 Å². The molecule has 0 aliphatic carbocycles. The van der Waals surface area contributed by atoms with E-state index in [9.17, 15) is 13.2 Å². The number of rotatable bonds is 6. The fourth-order valence-corrected chi connectivity index (χ4v) is 3.90. The third-order valence-electron chi connectivity index (χ3n) is 3.15. The van der Waals surface area contributed by atoms with Crippen LogP contribution in [0.1, 0.15) is 17.3 Å². The molecule has 0 saturated carbocycles. The summed E-state index contributed by atoms with van der Waals surface area (Å²) in [5.74, 6) is -0.288. The van der Waals surface area contributed by atoms with Crippen molar-refractivity contribution in [3.8, 4) is 5.75 Å². The third-order valence-corrected chi connectivity index (χ3v) is 5.55. The van der Waals surface area contributed by atoms with Crippen LogP contribution in [0.3, 0.4) is 0 Å². The van der Waals surface area contributed by atoms with Crippen LogP contribution in [0.2, 0.25) is 10.0 Å². The van der Waals surface area contributed by atoms with E-state index in [4.69, 9.17) is 32.7 Å². The summed E-state index contributed by atoms with van der Waals surface area (Å²) < 4.78 is 37.4. The Balaban J connectivity index is 2.35. The Morgan fingerprint density at radius 2 is 1.88 bits per heavy atom. The smallest absolute Gasteiger partial charge is 0.338 e. The van der Waals surface area contributed by atoms with Crippen LogP contribution in [0, 0.1) is 0 Å². The van der Waals surface area contributed by atoms with Crippen molar-refractivity contribution >= 4 is 44.9 Å². The maximum atomic E-state index is 12.6. The number of benzene rings is 2. The molecule has 1 N–H and O–H groups in total. The fraction of sp³-hybridized carbons (Fsp3) is 0.188. The van der Waals surface area contributed by atoms with E-state index in [1.54, 1.807) is 6.92 Å². The first-order chi connectivity index (χ1) is 11.8. The molecular weight excluding hydrogens is 389 g/mol. The SMILES string of the molecule is CCOC(=O)c1cccc(NS(=O)(=O)c2ccc(OC)c(Cl)c2Cl)c1. The summed E-state index contributed by atoms with van der Waals surface area (Å²) in [6.07, 6.45) is 0. The lowest BCUT2D eigenvalue weighted by Crippen LogP contribution is -2.14. The van der Waals surface area contributed by atoms with Crippen LogP contribution in [0.5, 0.6) is 5.75 Å². The van der Waals surface area contributed by atoms with Gasteiger partial charge in [-0.3, -0.25) is 4.72 Å². The van der Waals surface area contributed by atoms with Gasteiger partial charge in [-0.2, -0.15) is 0 Å². The number of hydrogen-bond acceptors (Lipinski definition) is 5. The van der Waals surface area contributed by atoms with E-state index < -0.39 is 16.0 Å². The van der Waals surface area contributed by atoms with Gasteiger partial charge in [-0.1, -0.05) is 29.3 Å². The second-order valence-electron chi connectivity index (χ2n) is 4.80. The molecule has 0 aliphatic rings. The van der Waals surface area contributed by atoms with Gasteiger partial charge in [-0.05, 0) is 37.3 Å². The molecule has 2 rings (SSSR count). The van der Waals surface area contributed by atoms with E-state index >= 15 is 0 Å². The zero-order valence-corrected chi connectivity index (χ0v) is 15.7. The Morgan fingerprint density at radius 1 is 1.16 bits per heavy atom. The van der Waals surface area contributed by atoms with Gasteiger partial charge in [0, 0.05) is 5.69 Å². The second kappa shape index (κ2) is 7.95. The molecule has 6 nitrogen and oxygen atoms in total. The monoisotopic (exact) mass is 403 g/mol. The molecule has 0 unspecified atom stereocenters. The van der Waals surface area contributed by atoms with E-state index in [1.807, 2.05) is 0 Å². The van der Waals surface area contributed by atoms with Gasteiger partial charge in [0.05, 0.1) is 24.3 Å². The van der Waals surface area contributed by atoms with Crippen molar-refractivity contribution in [3.63, 3.8) is 0 Å². The highest BCUT2D eigenvalue weighted by Crippen LogP contribution is 2.37. The number of esters is 1. The van der Waals surface area contributed by atoms with Crippen molar-refractivity contribution in [3.05, 3.63) is 52.0 Å². The standard InChI is InChI=1S/C16H15Cl2NO5S/c1-3-24-16(20)10-5-4-6-11(9-10)19-25(21,22)13-8-7-12(23-2)14(17)15(13)18/h4-9,19H,3H2,1-2H3. The van der Waals surface area contributed by atoms with Crippen molar-refractivity contribution in [1.82, 2.24) is 0 Å². The summed E-state index contributed by atoms with van der Waals surface area (Å²) in [5.41, 5.74) is 0.412. The quantitative estimate of drug-likeness (QED) is 0.737. The molecule has 0 radical (unpaired) electrons. The summed E-state index contributed by atoms with van der Waals surface area (Å²) in [7, 11) is -2.63. The van der Waals surface area contributed by atoms with Gasteiger partial charge in [-0.15, -0.1) is 0 Å². The number of carbonyl (C=O) groups is 1. The Morgan fingerprint density at radius 3 is 2.52 bits per heavy atom. The molecule has 0 saturated heterocycles. The molecule has 0 aromatic heterocycles. The molecule has 0 amide bonds. The second-order valence-corrected chi connectivity index (χ2v) is 7.21. The van der Waals surface area contributed by atoms with Gasteiger partial charge < -0.3 is 9.47 Å². The zero-order valence-electron chi connectivity index (χ0n) is 13.4. The first-order valence-electron chi connectivity index (χ1n) is 7.12. The lowest BCUT2D eigenvalue weighted by Gasteiger charge is -2.12. The first-order valence-corrected chi connectivity index (χ1v) is 9.36. The van der Waals surface area contributed by atoms with Crippen molar-refractivity contribution < 1.29 is 22.7 Å². The summed E-state index contributed by atoms with van der Waals surface area (Å²) in [6.45, 7) is 1.90. The maximum absolute atomic E-state index is 12.6. The van der Waals surface area contributed by atoms with Gasteiger partial charge in [-0.25, -0.2) is 13.2 Å². The lowest BCUT2D eigenvalue weighted by molar-refractivity contribution is 0.0526. The number of anilines is 1. The van der Waals surface area contributed by atoms with Gasteiger partial charge in [0.2, 0.25) is 0 Å². The minimum Gasteiger partial charge on any atom is -0.495 e. The van der Waals surface area contributed by atoms with Crippen LogP contribution in [-0.2, 0) is 14.8 Å². The zero-order chi connectivity index (χ0) is 18.6. The highest BCUT2D eigenvalue weighted by atomic mass is 35.5. The highest BCUT2D eigenvalue weighted by Gasteiger charge is 2.22.